The Hall–Kier alpha value is -1.71. The summed E-state index contributed by atoms with van der Waals surface area (Å²) in [5.41, 5.74) is 0.948. The molecule has 1 heterocycles. The van der Waals surface area contributed by atoms with Crippen molar-refractivity contribution in [2.24, 2.45) is 0 Å². The van der Waals surface area contributed by atoms with E-state index < -0.39 is 0 Å². The van der Waals surface area contributed by atoms with Crippen molar-refractivity contribution in [2.45, 2.75) is 58.3 Å². The summed E-state index contributed by atoms with van der Waals surface area (Å²) < 4.78 is 5.80. The third-order valence-corrected chi connectivity index (χ3v) is 4.50. The number of hydrogen-bond donors (Lipinski definition) is 1. The highest BCUT2D eigenvalue weighted by Crippen LogP contribution is 2.18. The van der Waals surface area contributed by atoms with E-state index in [1.54, 1.807) is 0 Å². The summed E-state index contributed by atoms with van der Waals surface area (Å²) in [4.78, 5) is 14.3. The van der Waals surface area contributed by atoms with E-state index in [9.17, 15) is 4.79 Å². The van der Waals surface area contributed by atoms with Gasteiger partial charge in [0, 0.05) is 24.8 Å². The smallest absolute Gasteiger partial charge is 0.241 e. The molecule has 4 heteroatoms. The molecule has 0 aliphatic carbocycles. The molecular formula is C20H32N2O2. The summed E-state index contributed by atoms with van der Waals surface area (Å²) in [6.45, 7) is 5.14. The van der Waals surface area contributed by atoms with Gasteiger partial charge in [-0.2, -0.15) is 0 Å². The lowest BCUT2D eigenvalue weighted by Crippen LogP contribution is -2.36. The number of ether oxygens (including phenoxy) is 1. The van der Waals surface area contributed by atoms with E-state index >= 15 is 0 Å². The SMILES string of the molecule is CCCCCCOc1cccc(NCC(=O)N2CCCCCC2)c1. The average Bonchev–Trinajstić information content (AvgIpc) is 2.89. The van der Waals surface area contributed by atoms with E-state index in [1.165, 1.54) is 32.1 Å². The molecule has 0 atom stereocenters. The second-order valence-electron chi connectivity index (χ2n) is 6.59. The van der Waals surface area contributed by atoms with E-state index in [2.05, 4.69) is 12.2 Å². The van der Waals surface area contributed by atoms with Crippen molar-refractivity contribution in [3.05, 3.63) is 24.3 Å². The Kier molecular flexibility index (Phi) is 8.50. The molecule has 134 valence electrons. The van der Waals surface area contributed by atoms with Gasteiger partial charge >= 0.3 is 0 Å². The standard InChI is InChI=1S/C20H32N2O2/c1-2-3-4-9-15-24-19-12-10-11-18(16-19)21-17-20(23)22-13-7-5-6-8-14-22/h10-12,16,21H,2-9,13-15,17H2,1H3. The lowest BCUT2D eigenvalue weighted by molar-refractivity contribution is -0.129. The van der Waals surface area contributed by atoms with Crippen LogP contribution in [0, 0.1) is 0 Å². The number of anilines is 1. The van der Waals surface area contributed by atoms with Crippen LogP contribution in [0.5, 0.6) is 5.75 Å². The van der Waals surface area contributed by atoms with Crippen molar-refractivity contribution >= 4 is 11.6 Å². The first kappa shape index (κ1) is 18.6. The van der Waals surface area contributed by atoms with E-state index in [1.807, 2.05) is 29.2 Å². The van der Waals surface area contributed by atoms with Crippen molar-refractivity contribution in [2.75, 3.05) is 31.6 Å². The number of carbonyl (C=O) groups excluding carboxylic acids is 1. The van der Waals surface area contributed by atoms with Crippen LogP contribution in [-0.4, -0.2) is 37.0 Å². The number of unbranched alkanes of at least 4 members (excludes halogenated alkanes) is 3. The van der Waals surface area contributed by atoms with Crippen molar-refractivity contribution < 1.29 is 9.53 Å². The Morgan fingerprint density at radius 2 is 1.92 bits per heavy atom. The molecular weight excluding hydrogens is 300 g/mol. The summed E-state index contributed by atoms with van der Waals surface area (Å²) in [5.74, 6) is 1.07. The molecule has 1 aliphatic rings. The Balaban J connectivity index is 1.73. The molecule has 0 radical (unpaired) electrons. The van der Waals surface area contributed by atoms with Crippen molar-refractivity contribution in [1.82, 2.24) is 4.90 Å². The highest BCUT2D eigenvalue weighted by molar-refractivity contribution is 5.81. The van der Waals surface area contributed by atoms with Gasteiger partial charge in [0.05, 0.1) is 13.2 Å². The first-order chi connectivity index (χ1) is 11.8. The van der Waals surface area contributed by atoms with Crippen LogP contribution in [0.15, 0.2) is 24.3 Å². The summed E-state index contributed by atoms with van der Waals surface area (Å²) in [6, 6.07) is 7.91. The molecule has 24 heavy (non-hydrogen) atoms. The second-order valence-corrected chi connectivity index (χ2v) is 6.59. The number of carbonyl (C=O) groups is 1. The number of benzene rings is 1. The largest absolute Gasteiger partial charge is 0.494 e. The lowest BCUT2D eigenvalue weighted by Gasteiger charge is -2.20. The first-order valence-corrected chi connectivity index (χ1v) is 9.54. The Morgan fingerprint density at radius 1 is 1.12 bits per heavy atom. The average molecular weight is 332 g/mol. The molecule has 2 rings (SSSR count). The quantitative estimate of drug-likeness (QED) is 0.679. The zero-order valence-corrected chi connectivity index (χ0v) is 15.1. The molecule has 4 nitrogen and oxygen atoms in total. The molecule has 1 aromatic carbocycles. The maximum Gasteiger partial charge on any atom is 0.241 e. The normalized spacial score (nSPS) is 15.0. The van der Waals surface area contributed by atoms with Gasteiger partial charge in [-0.1, -0.05) is 45.1 Å². The van der Waals surface area contributed by atoms with Crippen LogP contribution >= 0.6 is 0 Å². The van der Waals surface area contributed by atoms with Gasteiger partial charge in [0.2, 0.25) is 5.91 Å². The molecule has 1 N–H and O–H groups in total. The summed E-state index contributed by atoms with van der Waals surface area (Å²) >= 11 is 0. The fourth-order valence-corrected chi connectivity index (χ4v) is 3.02. The summed E-state index contributed by atoms with van der Waals surface area (Å²) in [7, 11) is 0. The number of rotatable bonds is 9. The predicted octanol–water partition coefficient (Wildman–Crippen LogP) is 4.46. The Labute approximate surface area is 146 Å². The topological polar surface area (TPSA) is 41.6 Å². The van der Waals surface area contributed by atoms with E-state index in [-0.39, 0.29) is 5.91 Å². The highest BCUT2D eigenvalue weighted by atomic mass is 16.5. The van der Waals surface area contributed by atoms with Gasteiger partial charge in [0.25, 0.3) is 0 Å². The molecule has 0 unspecified atom stereocenters. The molecule has 1 saturated heterocycles. The van der Waals surface area contributed by atoms with Crippen LogP contribution < -0.4 is 10.1 Å². The third-order valence-electron chi connectivity index (χ3n) is 4.50. The Bertz CT molecular complexity index is 482. The zero-order chi connectivity index (χ0) is 17.0. The number of amides is 1. The minimum Gasteiger partial charge on any atom is -0.494 e. The monoisotopic (exact) mass is 332 g/mol. The van der Waals surface area contributed by atoms with Crippen LogP contribution in [0.25, 0.3) is 0 Å². The maximum atomic E-state index is 12.3. The number of nitrogens with zero attached hydrogens (tertiary/aromatic N) is 1. The van der Waals surface area contributed by atoms with Crippen LogP contribution in [0.1, 0.15) is 58.3 Å². The Morgan fingerprint density at radius 3 is 2.67 bits per heavy atom. The van der Waals surface area contributed by atoms with Gasteiger partial charge in [0.1, 0.15) is 5.75 Å². The van der Waals surface area contributed by atoms with Gasteiger partial charge in [-0.05, 0) is 31.4 Å². The molecule has 0 aromatic heterocycles. The van der Waals surface area contributed by atoms with Crippen LogP contribution in [-0.2, 0) is 4.79 Å². The molecule has 1 amide bonds. The number of likely N-dealkylation sites (tertiary alicyclic amines) is 1. The van der Waals surface area contributed by atoms with Gasteiger partial charge < -0.3 is 15.0 Å². The molecule has 0 bridgehead atoms. The van der Waals surface area contributed by atoms with Crippen LogP contribution in [0.2, 0.25) is 0 Å². The van der Waals surface area contributed by atoms with E-state index in [0.29, 0.717) is 6.54 Å². The maximum absolute atomic E-state index is 12.3. The molecule has 1 aliphatic heterocycles. The van der Waals surface area contributed by atoms with Gasteiger partial charge in [-0.25, -0.2) is 0 Å². The fraction of sp³-hybridized carbons (Fsp3) is 0.650. The summed E-state index contributed by atoms with van der Waals surface area (Å²) in [6.07, 6.45) is 9.58. The minimum atomic E-state index is 0.197. The van der Waals surface area contributed by atoms with Crippen molar-refractivity contribution in [3.8, 4) is 5.75 Å². The minimum absolute atomic E-state index is 0.197. The van der Waals surface area contributed by atoms with Gasteiger partial charge in [0.15, 0.2) is 0 Å². The first-order valence-electron chi connectivity index (χ1n) is 9.54. The summed E-state index contributed by atoms with van der Waals surface area (Å²) in [5, 5.41) is 3.24. The van der Waals surface area contributed by atoms with Crippen molar-refractivity contribution in [1.29, 1.82) is 0 Å². The number of hydrogen-bond acceptors (Lipinski definition) is 3. The van der Waals surface area contributed by atoms with Gasteiger partial charge in [-0.3, -0.25) is 4.79 Å². The van der Waals surface area contributed by atoms with Crippen LogP contribution in [0.4, 0.5) is 5.69 Å². The van der Waals surface area contributed by atoms with Crippen LogP contribution in [0.3, 0.4) is 0 Å². The lowest BCUT2D eigenvalue weighted by atomic mass is 10.2. The molecule has 0 spiro atoms. The van der Waals surface area contributed by atoms with Gasteiger partial charge in [-0.15, -0.1) is 0 Å². The second kappa shape index (κ2) is 11.0. The zero-order valence-electron chi connectivity index (χ0n) is 15.1. The molecule has 0 saturated carbocycles. The molecule has 1 fully saturated rings. The highest BCUT2D eigenvalue weighted by Gasteiger charge is 2.14. The third kappa shape index (κ3) is 6.81. The molecule has 1 aromatic rings. The van der Waals surface area contributed by atoms with E-state index in [4.69, 9.17) is 4.74 Å². The predicted molar refractivity (Wildman–Crippen MR) is 99.6 cm³/mol. The fourth-order valence-electron chi connectivity index (χ4n) is 3.02. The van der Waals surface area contributed by atoms with Crippen molar-refractivity contribution in [3.63, 3.8) is 0 Å². The number of nitrogens with one attached hydrogen (secondary N) is 1. The van der Waals surface area contributed by atoms with E-state index in [0.717, 1.165) is 50.4 Å².